The number of aromatic nitrogens is 1. The van der Waals surface area contributed by atoms with Crippen molar-refractivity contribution >= 4 is 0 Å². The van der Waals surface area contributed by atoms with E-state index in [0.717, 1.165) is 31.1 Å². The summed E-state index contributed by atoms with van der Waals surface area (Å²) < 4.78 is 10.6. The third-order valence-corrected chi connectivity index (χ3v) is 3.62. The molecule has 3 rings (SSSR count). The van der Waals surface area contributed by atoms with E-state index in [1.165, 1.54) is 12.8 Å². The molecule has 1 saturated heterocycles. The lowest BCUT2D eigenvalue weighted by molar-refractivity contribution is 0.183. The van der Waals surface area contributed by atoms with Gasteiger partial charge in [-0.3, -0.25) is 4.90 Å². The molecule has 102 valence electrons. The van der Waals surface area contributed by atoms with Gasteiger partial charge in [0.25, 0.3) is 0 Å². The minimum absolute atomic E-state index is 0.588. The zero-order valence-electron chi connectivity index (χ0n) is 11.1. The van der Waals surface area contributed by atoms with E-state index in [0.29, 0.717) is 11.8 Å². The van der Waals surface area contributed by atoms with Crippen molar-refractivity contribution in [3.05, 3.63) is 30.2 Å². The van der Waals surface area contributed by atoms with E-state index in [4.69, 9.17) is 8.94 Å². The van der Waals surface area contributed by atoms with Crippen LogP contribution in [0.3, 0.4) is 0 Å². The molecule has 5 nitrogen and oxygen atoms in total. The van der Waals surface area contributed by atoms with Gasteiger partial charge < -0.3 is 14.3 Å². The van der Waals surface area contributed by atoms with Crippen LogP contribution in [-0.2, 0) is 6.54 Å². The van der Waals surface area contributed by atoms with Crippen LogP contribution in [0, 0.1) is 0 Å². The molecule has 5 heteroatoms. The van der Waals surface area contributed by atoms with E-state index >= 15 is 0 Å². The van der Waals surface area contributed by atoms with Gasteiger partial charge in [-0.1, -0.05) is 5.16 Å². The van der Waals surface area contributed by atoms with Crippen LogP contribution in [0.2, 0.25) is 0 Å². The summed E-state index contributed by atoms with van der Waals surface area (Å²) in [6.07, 6.45) is 4.12. The number of nitrogens with one attached hydrogen (secondary N) is 1. The van der Waals surface area contributed by atoms with Crippen molar-refractivity contribution in [3.63, 3.8) is 0 Å². The van der Waals surface area contributed by atoms with E-state index in [-0.39, 0.29) is 0 Å². The summed E-state index contributed by atoms with van der Waals surface area (Å²) in [6.45, 7) is 3.03. The van der Waals surface area contributed by atoms with Gasteiger partial charge in [0, 0.05) is 25.2 Å². The number of likely N-dealkylation sites (tertiary alicyclic amines) is 1. The van der Waals surface area contributed by atoms with Crippen molar-refractivity contribution in [1.29, 1.82) is 0 Å². The van der Waals surface area contributed by atoms with E-state index in [9.17, 15) is 0 Å². The fourth-order valence-electron chi connectivity index (χ4n) is 2.59. The first-order valence-corrected chi connectivity index (χ1v) is 6.74. The Labute approximate surface area is 112 Å². The Hall–Kier alpha value is -1.59. The molecule has 0 radical (unpaired) electrons. The number of hydrogen-bond donors (Lipinski definition) is 1. The highest BCUT2D eigenvalue weighted by Gasteiger charge is 2.20. The van der Waals surface area contributed by atoms with Crippen LogP contribution in [0.4, 0.5) is 0 Å². The zero-order chi connectivity index (χ0) is 13.1. The highest BCUT2D eigenvalue weighted by atomic mass is 16.5. The van der Waals surface area contributed by atoms with E-state index in [1.807, 2.05) is 25.2 Å². The zero-order valence-corrected chi connectivity index (χ0v) is 11.1. The molecule has 1 N–H and O–H groups in total. The average Bonchev–Trinajstić information content (AvgIpc) is 3.09. The molecule has 1 aliphatic rings. The van der Waals surface area contributed by atoms with Gasteiger partial charge in [-0.05, 0) is 38.6 Å². The number of furan rings is 1. The molecule has 0 aliphatic carbocycles. The Kier molecular flexibility index (Phi) is 3.66. The van der Waals surface area contributed by atoms with Gasteiger partial charge in [-0.2, -0.15) is 0 Å². The van der Waals surface area contributed by atoms with Crippen LogP contribution in [0.5, 0.6) is 0 Å². The van der Waals surface area contributed by atoms with Gasteiger partial charge in [0.2, 0.25) is 5.76 Å². The molecule has 1 aliphatic heterocycles. The van der Waals surface area contributed by atoms with Crippen molar-refractivity contribution in [3.8, 4) is 11.5 Å². The Morgan fingerprint density at radius 3 is 3.21 bits per heavy atom. The third kappa shape index (κ3) is 2.88. The van der Waals surface area contributed by atoms with Gasteiger partial charge in [-0.15, -0.1) is 0 Å². The van der Waals surface area contributed by atoms with Crippen molar-refractivity contribution < 1.29 is 8.94 Å². The maximum Gasteiger partial charge on any atom is 0.202 e. The first-order valence-electron chi connectivity index (χ1n) is 6.74. The SMILES string of the molecule is CNC1CCCN(Cc2cc(-c3ccco3)on2)C1. The molecule has 0 spiro atoms. The molecule has 0 saturated carbocycles. The maximum atomic E-state index is 5.32. The molecule has 19 heavy (non-hydrogen) atoms. The molecule has 1 unspecified atom stereocenters. The Balaban J connectivity index is 1.64. The van der Waals surface area contributed by atoms with Crippen molar-refractivity contribution in [1.82, 2.24) is 15.4 Å². The lowest BCUT2D eigenvalue weighted by atomic mass is 10.1. The third-order valence-electron chi connectivity index (χ3n) is 3.62. The predicted octanol–water partition coefficient (Wildman–Crippen LogP) is 2.12. The molecular weight excluding hydrogens is 242 g/mol. The van der Waals surface area contributed by atoms with E-state index < -0.39 is 0 Å². The second kappa shape index (κ2) is 5.59. The van der Waals surface area contributed by atoms with E-state index in [2.05, 4.69) is 15.4 Å². The first kappa shape index (κ1) is 12.4. The van der Waals surface area contributed by atoms with Crippen molar-refractivity contribution in [2.24, 2.45) is 0 Å². The van der Waals surface area contributed by atoms with Gasteiger partial charge in [-0.25, -0.2) is 0 Å². The quantitative estimate of drug-likeness (QED) is 0.913. The van der Waals surface area contributed by atoms with Crippen LogP contribution < -0.4 is 5.32 Å². The summed E-state index contributed by atoms with van der Waals surface area (Å²) in [4.78, 5) is 2.41. The Morgan fingerprint density at radius 1 is 1.47 bits per heavy atom. The van der Waals surface area contributed by atoms with Gasteiger partial charge >= 0.3 is 0 Å². The van der Waals surface area contributed by atoms with Crippen LogP contribution in [0.15, 0.2) is 33.4 Å². The molecule has 1 fully saturated rings. The van der Waals surface area contributed by atoms with Crippen LogP contribution >= 0.6 is 0 Å². The predicted molar refractivity (Wildman–Crippen MR) is 71.6 cm³/mol. The summed E-state index contributed by atoms with van der Waals surface area (Å²) in [5, 5.41) is 7.47. The molecule has 0 aromatic carbocycles. The summed E-state index contributed by atoms with van der Waals surface area (Å²) in [5.41, 5.74) is 0.961. The maximum absolute atomic E-state index is 5.32. The smallest absolute Gasteiger partial charge is 0.202 e. The molecule has 2 aromatic heterocycles. The number of likely N-dealkylation sites (N-methyl/N-ethyl adjacent to an activating group) is 1. The molecular formula is C14H19N3O2. The summed E-state index contributed by atoms with van der Waals surface area (Å²) in [6, 6.07) is 6.27. The largest absolute Gasteiger partial charge is 0.461 e. The monoisotopic (exact) mass is 261 g/mol. The van der Waals surface area contributed by atoms with E-state index in [1.54, 1.807) is 6.26 Å². The van der Waals surface area contributed by atoms with Gasteiger partial charge in [0.15, 0.2) is 5.76 Å². The number of rotatable bonds is 4. The van der Waals surface area contributed by atoms with Crippen molar-refractivity contribution in [2.75, 3.05) is 20.1 Å². The van der Waals surface area contributed by atoms with Crippen LogP contribution in [-0.4, -0.2) is 36.2 Å². The topological polar surface area (TPSA) is 54.4 Å². The number of nitrogens with zero attached hydrogens (tertiary/aromatic N) is 2. The van der Waals surface area contributed by atoms with Gasteiger partial charge in [0.05, 0.1) is 12.0 Å². The lowest BCUT2D eigenvalue weighted by Crippen LogP contribution is -2.43. The second-order valence-electron chi connectivity index (χ2n) is 5.02. The Bertz CT molecular complexity index is 507. The number of hydrogen-bond acceptors (Lipinski definition) is 5. The standard InChI is InChI=1S/C14H19N3O2/c1-15-11-4-2-6-17(9-11)10-12-8-14(19-16-12)13-5-3-7-18-13/h3,5,7-8,11,15H,2,4,6,9-10H2,1H3. The highest BCUT2D eigenvalue weighted by molar-refractivity contribution is 5.49. The second-order valence-corrected chi connectivity index (χ2v) is 5.02. The van der Waals surface area contributed by atoms with Crippen LogP contribution in [0.25, 0.3) is 11.5 Å². The Morgan fingerprint density at radius 2 is 2.42 bits per heavy atom. The summed E-state index contributed by atoms with van der Waals surface area (Å²) in [5.74, 6) is 1.42. The molecule has 2 aromatic rings. The summed E-state index contributed by atoms with van der Waals surface area (Å²) in [7, 11) is 2.03. The lowest BCUT2D eigenvalue weighted by Gasteiger charge is -2.31. The molecule has 1 atom stereocenters. The fraction of sp³-hybridized carbons (Fsp3) is 0.500. The molecule has 0 amide bonds. The normalized spacial score (nSPS) is 20.8. The molecule has 0 bridgehead atoms. The van der Waals surface area contributed by atoms with Gasteiger partial charge in [0.1, 0.15) is 0 Å². The average molecular weight is 261 g/mol. The number of piperidine rings is 1. The molecule has 3 heterocycles. The fourth-order valence-corrected chi connectivity index (χ4v) is 2.59. The summed E-state index contributed by atoms with van der Waals surface area (Å²) >= 11 is 0. The minimum Gasteiger partial charge on any atom is -0.461 e. The first-order chi connectivity index (χ1) is 9.35. The van der Waals surface area contributed by atoms with Crippen molar-refractivity contribution in [2.45, 2.75) is 25.4 Å². The minimum atomic E-state index is 0.588. The van der Waals surface area contributed by atoms with Crippen LogP contribution in [0.1, 0.15) is 18.5 Å². The highest BCUT2D eigenvalue weighted by Crippen LogP contribution is 2.21.